The molecule has 0 aromatic heterocycles. The second-order valence-corrected chi connectivity index (χ2v) is 11.4. The first-order valence-electron chi connectivity index (χ1n) is 5.28. The topological polar surface area (TPSA) is 29.5 Å². The number of rotatable bonds is 7. The van der Waals surface area contributed by atoms with Crippen LogP contribution in [0.15, 0.2) is 0 Å². The molecule has 2 atom stereocenters. The first kappa shape index (κ1) is 14.8. The number of aliphatic hydroxyl groups excluding tert-OH is 1. The van der Waals surface area contributed by atoms with Gasteiger partial charge >= 0.3 is 90.5 Å². The van der Waals surface area contributed by atoms with Crippen molar-refractivity contribution in [2.75, 3.05) is 46.0 Å². The predicted molar refractivity (Wildman–Crippen MR) is 71.0 cm³/mol. The molecule has 0 spiro atoms. The molecule has 0 aliphatic rings. The zero-order valence-corrected chi connectivity index (χ0v) is 12.2. The molecule has 0 saturated carbocycles. The Morgan fingerprint density at radius 1 is 1.36 bits per heavy atom. The maximum atomic E-state index is 9.51. The summed E-state index contributed by atoms with van der Waals surface area (Å²) in [6.07, 6.45) is 2.16. The fourth-order valence-electron chi connectivity index (χ4n) is 1.84. The third-order valence-corrected chi connectivity index (χ3v) is 4.76. The molecule has 0 amide bonds. The molecule has 0 fully saturated rings. The normalized spacial score (nSPS) is 18.7. The van der Waals surface area contributed by atoms with E-state index < -0.39 is 7.26 Å². The van der Waals surface area contributed by atoms with Gasteiger partial charge in [0.1, 0.15) is 0 Å². The first-order valence-corrected chi connectivity index (χ1v) is 10.4. The molecule has 0 rings (SSSR count). The standard InChI is InChI=1S/C10H26O2P2/c1-6-10(7-11,8-12-13-2)9-14(3,4)5/h11,13-14H,6-9H2,1-5H3. The van der Waals surface area contributed by atoms with E-state index in [2.05, 4.69) is 26.9 Å². The maximum absolute atomic E-state index is 9.51. The average molecular weight is 240 g/mol. The van der Waals surface area contributed by atoms with Crippen molar-refractivity contribution in [1.29, 1.82) is 0 Å². The Bertz CT molecular complexity index is 151. The number of aliphatic hydroxyl groups is 1. The summed E-state index contributed by atoms with van der Waals surface area (Å²) < 4.78 is 5.52. The second kappa shape index (κ2) is 6.38. The molecule has 0 aliphatic heterocycles. The molecule has 0 saturated heterocycles. The molecule has 0 aromatic rings. The van der Waals surface area contributed by atoms with Crippen molar-refractivity contribution in [1.82, 2.24) is 0 Å². The van der Waals surface area contributed by atoms with Crippen LogP contribution in [0.1, 0.15) is 13.3 Å². The summed E-state index contributed by atoms with van der Waals surface area (Å²) >= 11 is 0. The van der Waals surface area contributed by atoms with Gasteiger partial charge in [0.25, 0.3) is 0 Å². The van der Waals surface area contributed by atoms with E-state index in [1.54, 1.807) is 0 Å². The van der Waals surface area contributed by atoms with E-state index in [0.717, 1.165) is 19.2 Å². The van der Waals surface area contributed by atoms with Crippen LogP contribution in [0, 0.1) is 5.41 Å². The molecule has 4 heteroatoms. The van der Waals surface area contributed by atoms with Gasteiger partial charge in [-0.15, -0.1) is 0 Å². The van der Waals surface area contributed by atoms with Gasteiger partial charge in [0, 0.05) is 0 Å². The fraction of sp³-hybridized carbons (Fsp3) is 1.00. The minimum atomic E-state index is -1.12. The van der Waals surface area contributed by atoms with Gasteiger partial charge in [-0.25, -0.2) is 0 Å². The van der Waals surface area contributed by atoms with Crippen molar-refractivity contribution >= 4 is 16.1 Å². The van der Waals surface area contributed by atoms with Crippen molar-refractivity contribution in [3.8, 4) is 0 Å². The van der Waals surface area contributed by atoms with E-state index in [9.17, 15) is 5.11 Å². The minimum absolute atomic E-state index is 0.0213. The van der Waals surface area contributed by atoms with Crippen molar-refractivity contribution in [2.45, 2.75) is 13.3 Å². The zero-order chi connectivity index (χ0) is 11.2. The Hall–Kier alpha value is 0.780. The average Bonchev–Trinajstić information content (AvgIpc) is 2.10. The van der Waals surface area contributed by atoms with Gasteiger partial charge in [-0.2, -0.15) is 0 Å². The van der Waals surface area contributed by atoms with Crippen LogP contribution >= 0.6 is 16.1 Å². The Kier molecular flexibility index (Phi) is 6.74. The second-order valence-electron chi connectivity index (χ2n) is 5.24. The molecule has 2 unspecified atom stereocenters. The quantitative estimate of drug-likeness (QED) is 0.692. The Labute approximate surface area is 91.0 Å². The van der Waals surface area contributed by atoms with Crippen molar-refractivity contribution in [2.24, 2.45) is 5.41 Å². The van der Waals surface area contributed by atoms with Gasteiger partial charge in [-0.1, -0.05) is 0 Å². The Morgan fingerprint density at radius 2 is 1.93 bits per heavy atom. The van der Waals surface area contributed by atoms with Crippen LogP contribution in [0.4, 0.5) is 0 Å². The molecule has 2 nitrogen and oxygen atoms in total. The van der Waals surface area contributed by atoms with Crippen molar-refractivity contribution in [3.05, 3.63) is 0 Å². The van der Waals surface area contributed by atoms with Gasteiger partial charge in [0.2, 0.25) is 0 Å². The fourth-order valence-corrected chi connectivity index (χ4v) is 5.01. The van der Waals surface area contributed by atoms with Crippen LogP contribution < -0.4 is 0 Å². The molecular weight excluding hydrogens is 214 g/mol. The third kappa shape index (κ3) is 5.61. The predicted octanol–water partition coefficient (Wildman–Crippen LogP) is 2.25. The summed E-state index contributed by atoms with van der Waals surface area (Å²) in [5.41, 5.74) is 0.0213. The van der Waals surface area contributed by atoms with E-state index >= 15 is 0 Å². The van der Waals surface area contributed by atoms with E-state index in [1.165, 1.54) is 0 Å². The first-order chi connectivity index (χ1) is 6.39. The molecule has 0 heterocycles. The van der Waals surface area contributed by atoms with E-state index in [-0.39, 0.29) is 12.0 Å². The van der Waals surface area contributed by atoms with Crippen LogP contribution in [-0.2, 0) is 4.52 Å². The van der Waals surface area contributed by atoms with Gasteiger partial charge in [-0.05, 0) is 0 Å². The summed E-state index contributed by atoms with van der Waals surface area (Å²) in [5.74, 6) is 0. The number of hydrogen-bond donors (Lipinski definition) is 1. The van der Waals surface area contributed by atoms with E-state index in [4.69, 9.17) is 4.52 Å². The summed E-state index contributed by atoms with van der Waals surface area (Å²) in [4.78, 5) is 0. The molecule has 0 aromatic carbocycles. The summed E-state index contributed by atoms with van der Waals surface area (Å²) in [6.45, 7) is 12.2. The molecular formula is C10H26O2P2. The van der Waals surface area contributed by atoms with E-state index in [1.807, 2.05) is 6.66 Å². The van der Waals surface area contributed by atoms with Crippen LogP contribution in [0.5, 0.6) is 0 Å². The summed E-state index contributed by atoms with van der Waals surface area (Å²) in [5, 5.41) is 9.51. The zero-order valence-electron chi connectivity index (χ0n) is 10.2. The SMILES string of the molecule is CCC(CO)(COPC)C[PH](C)(C)C. The van der Waals surface area contributed by atoms with E-state index in [0.29, 0.717) is 8.81 Å². The Balaban J connectivity index is 4.36. The summed E-state index contributed by atoms with van der Waals surface area (Å²) in [6, 6.07) is 0. The molecule has 14 heavy (non-hydrogen) atoms. The van der Waals surface area contributed by atoms with Crippen LogP contribution in [0.25, 0.3) is 0 Å². The van der Waals surface area contributed by atoms with Crippen LogP contribution in [-0.4, -0.2) is 51.1 Å². The molecule has 0 aliphatic carbocycles. The van der Waals surface area contributed by atoms with Gasteiger partial charge in [0.05, 0.1) is 0 Å². The molecule has 88 valence electrons. The van der Waals surface area contributed by atoms with Crippen molar-refractivity contribution < 1.29 is 9.63 Å². The third-order valence-electron chi connectivity index (χ3n) is 2.51. The molecule has 1 N–H and O–H groups in total. The Morgan fingerprint density at radius 3 is 2.21 bits per heavy atom. The molecule has 0 bridgehead atoms. The monoisotopic (exact) mass is 240 g/mol. The molecule has 0 radical (unpaired) electrons. The number of hydrogen-bond acceptors (Lipinski definition) is 2. The van der Waals surface area contributed by atoms with Crippen molar-refractivity contribution in [3.63, 3.8) is 0 Å². The van der Waals surface area contributed by atoms with Gasteiger partial charge in [0.15, 0.2) is 0 Å². The van der Waals surface area contributed by atoms with Crippen LogP contribution in [0.3, 0.4) is 0 Å². The van der Waals surface area contributed by atoms with Crippen LogP contribution in [0.2, 0.25) is 0 Å². The van der Waals surface area contributed by atoms with Gasteiger partial charge < -0.3 is 0 Å². The summed E-state index contributed by atoms with van der Waals surface area (Å²) in [7, 11) is -0.593. The van der Waals surface area contributed by atoms with Gasteiger partial charge in [-0.3, -0.25) is 0 Å².